The molecular formula is C24H42N4O4Si. The molecule has 8 nitrogen and oxygen atoms in total. The van der Waals surface area contributed by atoms with Crippen LogP contribution in [0.1, 0.15) is 54.0 Å². The summed E-state index contributed by atoms with van der Waals surface area (Å²) in [7, 11) is -2.14. The Kier molecular flexibility index (Phi) is 6.72. The Morgan fingerprint density at radius 2 is 1.91 bits per heavy atom. The molecule has 33 heavy (non-hydrogen) atoms. The van der Waals surface area contributed by atoms with Crippen molar-refractivity contribution in [2.24, 2.45) is 5.92 Å². The normalized spacial score (nSPS) is 23.8. The van der Waals surface area contributed by atoms with Gasteiger partial charge >= 0.3 is 6.09 Å². The van der Waals surface area contributed by atoms with Gasteiger partial charge in [0.25, 0.3) is 0 Å². The molecule has 0 aliphatic carbocycles. The van der Waals surface area contributed by atoms with Crippen molar-refractivity contribution in [3.05, 3.63) is 11.8 Å². The zero-order valence-electron chi connectivity index (χ0n) is 21.7. The van der Waals surface area contributed by atoms with Gasteiger partial charge in [-0.05, 0) is 38.9 Å². The van der Waals surface area contributed by atoms with Crippen LogP contribution in [0.25, 0.3) is 0 Å². The Morgan fingerprint density at radius 3 is 2.45 bits per heavy atom. The Bertz CT molecular complexity index is 894. The maximum atomic E-state index is 12.6. The summed E-state index contributed by atoms with van der Waals surface area (Å²) in [5, 5.41) is 10.3. The van der Waals surface area contributed by atoms with Crippen LogP contribution < -0.4 is 15.4 Å². The molecule has 0 spiro atoms. The van der Waals surface area contributed by atoms with Gasteiger partial charge in [0.15, 0.2) is 8.32 Å². The monoisotopic (exact) mass is 478 g/mol. The van der Waals surface area contributed by atoms with Gasteiger partial charge in [-0.2, -0.15) is 0 Å². The number of piperidine rings is 1. The van der Waals surface area contributed by atoms with Gasteiger partial charge in [-0.1, -0.05) is 27.7 Å². The number of nitrogens with two attached hydrogens (primary N) is 1. The minimum Gasteiger partial charge on any atom is -0.477 e. The number of nitrogen functional groups attached to an aromatic ring is 1. The van der Waals surface area contributed by atoms with Crippen LogP contribution in [-0.4, -0.2) is 66.8 Å². The molecule has 0 radical (unpaired) electrons. The maximum absolute atomic E-state index is 12.6. The average molecular weight is 479 g/mol. The van der Waals surface area contributed by atoms with E-state index in [4.69, 9.17) is 14.9 Å². The third-order valence-corrected chi connectivity index (χ3v) is 11.9. The van der Waals surface area contributed by atoms with E-state index in [2.05, 4.69) is 50.7 Å². The van der Waals surface area contributed by atoms with Crippen LogP contribution in [0.15, 0.2) is 6.20 Å². The van der Waals surface area contributed by atoms with Crippen molar-refractivity contribution < 1.29 is 19.1 Å². The average Bonchev–Trinajstić information content (AvgIpc) is 3.10. The van der Waals surface area contributed by atoms with Crippen molar-refractivity contribution in [1.82, 2.24) is 9.88 Å². The van der Waals surface area contributed by atoms with E-state index in [0.717, 1.165) is 24.2 Å². The van der Waals surface area contributed by atoms with Gasteiger partial charge in [-0.15, -0.1) is 0 Å². The summed E-state index contributed by atoms with van der Waals surface area (Å²) in [6.07, 6.45) is 1.27. The fourth-order valence-electron chi connectivity index (χ4n) is 4.80. The highest BCUT2D eigenvalue weighted by Crippen LogP contribution is 2.43. The van der Waals surface area contributed by atoms with Crippen LogP contribution in [0, 0.1) is 5.92 Å². The van der Waals surface area contributed by atoms with Crippen molar-refractivity contribution in [3.63, 3.8) is 0 Å². The molecule has 2 aliphatic heterocycles. The van der Waals surface area contributed by atoms with Crippen molar-refractivity contribution in [3.8, 4) is 5.88 Å². The summed E-state index contributed by atoms with van der Waals surface area (Å²) in [5.41, 5.74) is 8.39. The molecule has 3 N–H and O–H groups in total. The van der Waals surface area contributed by atoms with E-state index in [1.54, 1.807) is 11.1 Å². The van der Waals surface area contributed by atoms with Crippen LogP contribution in [0.3, 0.4) is 0 Å². The highest BCUT2D eigenvalue weighted by atomic mass is 28.4. The molecule has 0 bridgehead atoms. The number of ether oxygens (including phenoxy) is 1. The van der Waals surface area contributed by atoms with Crippen LogP contribution in [0.5, 0.6) is 5.88 Å². The van der Waals surface area contributed by atoms with E-state index in [0.29, 0.717) is 24.7 Å². The Balaban J connectivity index is 2.06. The lowest BCUT2D eigenvalue weighted by molar-refractivity contribution is -0.0152. The molecule has 3 atom stereocenters. The predicted octanol–water partition coefficient (Wildman–Crippen LogP) is 4.59. The molecular weight excluding hydrogens is 436 g/mol. The van der Waals surface area contributed by atoms with E-state index in [-0.39, 0.29) is 23.1 Å². The topological polar surface area (TPSA) is 101 Å². The number of aromatic nitrogens is 1. The molecule has 3 heterocycles. The van der Waals surface area contributed by atoms with E-state index < -0.39 is 19.9 Å². The number of anilines is 2. The summed E-state index contributed by atoms with van der Waals surface area (Å²) >= 11 is 0. The SMILES string of the molecule is C[C@H]1CN(c2c(N)cnc3c2CCO3)C[C@@H](N(C(=O)O)C(C)(C)C)[C@@H]1O[Si](C)(C)C(C)(C)C. The minimum atomic E-state index is -2.14. The number of hydrogen-bond donors (Lipinski definition) is 2. The molecule has 0 unspecified atom stereocenters. The quantitative estimate of drug-likeness (QED) is 0.610. The first-order valence-electron chi connectivity index (χ1n) is 11.9. The highest BCUT2D eigenvalue weighted by Gasteiger charge is 2.49. The first-order chi connectivity index (χ1) is 15.0. The Labute approximate surface area is 199 Å². The summed E-state index contributed by atoms with van der Waals surface area (Å²) in [6.45, 7) is 20.9. The molecule has 1 aromatic heterocycles. The fourth-order valence-corrected chi connectivity index (χ4v) is 6.22. The molecule has 0 saturated carbocycles. The molecule has 1 fully saturated rings. The molecule has 3 rings (SSSR count). The number of nitrogens with zero attached hydrogens (tertiary/aromatic N) is 3. The number of amides is 1. The van der Waals surface area contributed by atoms with Gasteiger partial charge in [-0.3, -0.25) is 4.90 Å². The lowest BCUT2D eigenvalue weighted by Gasteiger charge is -2.53. The summed E-state index contributed by atoms with van der Waals surface area (Å²) in [4.78, 5) is 20.7. The van der Waals surface area contributed by atoms with Crippen LogP contribution in [0.4, 0.5) is 16.2 Å². The van der Waals surface area contributed by atoms with Crippen molar-refractivity contribution in [1.29, 1.82) is 0 Å². The van der Waals surface area contributed by atoms with Crippen LogP contribution in [-0.2, 0) is 10.8 Å². The first-order valence-corrected chi connectivity index (χ1v) is 14.8. The largest absolute Gasteiger partial charge is 0.477 e. The summed E-state index contributed by atoms with van der Waals surface area (Å²) in [5.74, 6) is 0.738. The lowest BCUT2D eigenvalue weighted by Crippen LogP contribution is -2.66. The zero-order chi connectivity index (χ0) is 24.9. The molecule has 1 saturated heterocycles. The third-order valence-electron chi connectivity index (χ3n) is 7.40. The van der Waals surface area contributed by atoms with Crippen molar-refractivity contribution in [2.45, 2.75) is 90.7 Å². The molecule has 186 valence electrons. The van der Waals surface area contributed by atoms with Crippen LogP contribution in [0.2, 0.25) is 18.1 Å². The van der Waals surface area contributed by atoms with E-state index in [1.807, 2.05) is 20.8 Å². The van der Waals surface area contributed by atoms with E-state index in [9.17, 15) is 9.90 Å². The second kappa shape index (κ2) is 8.65. The molecule has 0 aromatic carbocycles. The van der Waals surface area contributed by atoms with Crippen molar-refractivity contribution in [2.75, 3.05) is 30.3 Å². The number of carbonyl (C=O) groups is 1. The highest BCUT2D eigenvalue weighted by molar-refractivity contribution is 6.74. The van der Waals surface area contributed by atoms with Crippen LogP contribution >= 0.6 is 0 Å². The second-order valence-electron chi connectivity index (χ2n) is 12.1. The number of pyridine rings is 1. The molecule has 1 amide bonds. The number of carboxylic acid groups (broad SMARTS) is 1. The summed E-state index contributed by atoms with van der Waals surface area (Å²) < 4.78 is 12.6. The second-order valence-corrected chi connectivity index (χ2v) is 16.8. The number of rotatable bonds is 4. The first kappa shape index (κ1) is 25.6. The maximum Gasteiger partial charge on any atom is 0.408 e. The Hall–Kier alpha value is -2.00. The van der Waals surface area contributed by atoms with Gasteiger partial charge in [-0.25, -0.2) is 9.78 Å². The zero-order valence-corrected chi connectivity index (χ0v) is 22.7. The molecule has 9 heteroatoms. The third kappa shape index (κ3) is 4.94. The fraction of sp³-hybridized carbons (Fsp3) is 0.750. The lowest BCUT2D eigenvalue weighted by atomic mass is 9.88. The van der Waals surface area contributed by atoms with E-state index >= 15 is 0 Å². The minimum absolute atomic E-state index is 0.0257. The smallest absolute Gasteiger partial charge is 0.408 e. The standard InChI is InChI=1S/C24H42N4O4Si/c1-15-13-27(19-16-10-11-31-21(16)26-12-17(19)25)14-18(28(22(29)30)23(2,3)4)20(15)32-33(8,9)24(5,6)7/h12,15,18,20H,10-11,13-14,25H2,1-9H3,(H,29,30)/t15-,18+,20+/m0/s1. The van der Waals surface area contributed by atoms with E-state index in [1.165, 1.54) is 0 Å². The predicted molar refractivity (Wildman–Crippen MR) is 135 cm³/mol. The van der Waals surface area contributed by atoms with Gasteiger partial charge < -0.3 is 24.9 Å². The number of hydrogen-bond acceptors (Lipinski definition) is 6. The summed E-state index contributed by atoms with van der Waals surface area (Å²) in [6, 6.07) is -0.342. The molecule has 1 aromatic rings. The van der Waals surface area contributed by atoms with Gasteiger partial charge in [0.1, 0.15) is 0 Å². The van der Waals surface area contributed by atoms with Gasteiger partial charge in [0.2, 0.25) is 5.88 Å². The number of fused-ring (bicyclic) bond motifs is 1. The Morgan fingerprint density at radius 1 is 1.27 bits per heavy atom. The van der Waals surface area contributed by atoms with Crippen molar-refractivity contribution >= 4 is 25.8 Å². The van der Waals surface area contributed by atoms with Gasteiger partial charge in [0.05, 0.1) is 36.3 Å². The molecule has 2 aliphatic rings. The van der Waals surface area contributed by atoms with Gasteiger partial charge in [0, 0.05) is 36.5 Å².